The fourth-order valence-corrected chi connectivity index (χ4v) is 5.43. The number of piperazine rings is 1. The zero-order chi connectivity index (χ0) is 20.8. The third kappa shape index (κ3) is 3.81. The molecule has 29 heavy (non-hydrogen) atoms. The molecule has 2 bridgehead atoms. The number of carbonyl (C=O) groups excluding carboxylic acids is 1. The zero-order valence-electron chi connectivity index (χ0n) is 16.1. The molecule has 1 aromatic carbocycles. The van der Waals surface area contributed by atoms with Crippen LogP contribution in [0.5, 0.6) is 0 Å². The Bertz CT molecular complexity index is 782. The number of amides is 1. The molecule has 1 saturated heterocycles. The molecule has 5 rings (SSSR count). The Balaban J connectivity index is 1.43. The fraction of sp³-hybridized carbons (Fsp3) is 0.619. The molecule has 3 saturated carbocycles. The predicted octanol–water partition coefficient (Wildman–Crippen LogP) is 3.49. The van der Waals surface area contributed by atoms with Crippen LogP contribution in [0.2, 0.25) is 0 Å². The van der Waals surface area contributed by atoms with Gasteiger partial charge >= 0.3 is 12.1 Å². The lowest BCUT2D eigenvalue weighted by atomic mass is 9.58. The number of benzene rings is 1. The molecular weight excluding hydrogens is 385 g/mol. The van der Waals surface area contributed by atoms with E-state index in [0.29, 0.717) is 31.9 Å². The van der Waals surface area contributed by atoms with E-state index in [0.717, 1.165) is 37.8 Å². The third-order valence-corrected chi connectivity index (χ3v) is 6.92. The summed E-state index contributed by atoms with van der Waals surface area (Å²) in [4.78, 5) is 28.6. The van der Waals surface area contributed by atoms with Crippen molar-refractivity contribution < 1.29 is 27.9 Å². The van der Waals surface area contributed by atoms with Crippen molar-refractivity contribution in [3.63, 3.8) is 0 Å². The molecule has 0 spiro atoms. The minimum absolute atomic E-state index is 0.0813. The molecule has 8 heteroatoms. The highest BCUT2D eigenvalue weighted by Gasteiger charge is 2.51. The van der Waals surface area contributed by atoms with E-state index in [1.165, 1.54) is 6.07 Å². The maximum Gasteiger partial charge on any atom is 0.416 e. The number of carbonyl (C=O) groups is 2. The second-order valence-corrected chi connectivity index (χ2v) is 8.43. The van der Waals surface area contributed by atoms with Crippen LogP contribution >= 0.6 is 0 Å². The Labute approximate surface area is 167 Å². The summed E-state index contributed by atoms with van der Waals surface area (Å²) in [7, 11) is 0. The van der Waals surface area contributed by atoms with Gasteiger partial charge in [0, 0.05) is 31.9 Å². The average molecular weight is 410 g/mol. The van der Waals surface area contributed by atoms with Gasteiger partial charge in [-0.3, -0.25) is 9.59 Å². The van der Waals surface area contributed by atoms with E-state index in [1.54, 1.807) is 11.0 Å². The van der Waals surface area contributed by atoms with Crippen LogP contribution in [0.1, 0.15) is 31.2 Å². The smallest absolute Gasteiger partial charge is 0.416 e. The normalized spacial score (nSPS) is 29.8. The lowest BCUT2D eigenvalue weighted by molar-refractivity contribution is -0.162. The molecule has 0 unspecified atom stereocenters. The van der Waals surface area contributed by atoms with Crippen molar-refractivity contribution in [1.82, 2.24) is 4.90 Å². The number of halogens is 3. The topological polar surface area (TPSA) is 60.9 Å². The van der Waals surface area contributed by atoms with Crippen LogP contribution in [-0.4, -0.2) is 48.1 Å². The highest BCUT2D eigenvalue weighted by Crippen LogP contribution is 2.49. The van der Waals surface area contributed by atoms with Gasteiger partial charge in [-0.05, 0) is 55.7 Å². The lowest BCUT2D eigenvalue weighted by Crippen LogP contribution is -2.56. The number of hydrogen-bond acceptors (Lipinski definition) is 3. The van der Waals surface area contributed by atoms with Crippen LogP contribution in [0.3, 0.4) is 0 Å². The van der Waals surface area contributed by atoms with Crippen LogP contribution in [0.4, 0.5) is 18.9 Å². The van der Waals surface area contributed by atoms with E-state index < -0.39 is 29.5 Å². The Morgan fingerprint density at radius 2 is 1.52 bits per heavy atom. The molecule has 158 valence electrons. The Kier molecular flexibility index (Phi) is 5.21. The van der Waals surface area contributed by atoms with Gasteiger partial charge in [-0.2, -0.15) is 13.2 Å². The molecule has 2 atom stereocenters. The van der Waals surface area contributed by atoms with Gasteiger partial charge in [0.2, 0.25) is 5.91 Å². The molecule has 1 amide bonds. The van der Waals surface area contributed by atoms with Crippen LogP contribution in [0.15, 0.2) is 24.3 Å². The number of carboxylic acids is 1. The molecule has 1 aromatic rings. The van der Waals surface area contributed by atoms with E-state index >= 15 is 0 Å². The summed E-state index contributed by atoms with van der Waals surface area (Å²) in [5.41, 5.74) is -0.192. The molecule has 4 aliphatic rings. The van der Waals surface area contributed by atoms with Crippen LogP contribution < -0.4 is 4.90 Å². The summed E-state index contributed by atoms with van der Waals surface area (Å²) >= 11 is 0. The Morgan fingerprint density at radius 1 is 0.931 bits per heavy atom. The molecule has 0 radical (unpaired) electrons. The summed E-state index contributed by atoms with van der Waals surface area (Å²) in [5, 5.41) is 9.69. The maximum absolute atomic E-state index is 13.2. The summed E-state index contributed by atoms with van der Waals surface area (Å²) in [6.45, 7) is 1.67. The number of hydrogen-bond donors (Lipinski definition) is 1. The fourth-order valence-electron chi connectivity index (χ4n) is 5.43. The SMILES string of the molecule is O=C(O)[C@@H]1C2CCC(CC2)[C@@H]1C(=O)N1CCN(c2cccc(C(F)(F)F)c2)CC1. The third-order valence-electron chi connectivity index (χ3n) is 6.92. The zero-order valence-corrected chi connectivity index (χ0v) is 16.1. The first-order valence-electron chi connectivity index (χ1n) is 10.2. The second-order valence-electron chi connectivity index (χ2n) is 8.43. The quantitative estimate of drug-likeness (QED) is 0.829. The van der Waals surface area contributed by atoms with Crippen molar-refractivity contribution in [2.24, 2.45) is 23.7 Å². The second kappa shape index (κ2) is 7.54. The van der Waals surface area contributed by atoms with Crippen molar-refractivity contribution in [2.75, 3.05) is 31.1 Å². The van der Waals surface area contributed by atoms with Crippen LogP contribution in [0.25, 0.3) is 0 Å². The van der Waals surface area contributed by atoms with Gasteiger partial charge in [0.1, 0.15) is 0 Å². The number of alkyl halides is 3. The molecule has 1 aliphatic heterocycles. The summed E-state index contributed by atoms with van der Waals surface area (Å²) in [5.74, 6) is -1.81. The molecule has 5 nitrogen and oxygen atoms in total. The first-order chi connectivity index (χ1) is 13.8. The molecule has 4 fully saturated rings. The molecule has 0 aromatic heterocycles. The number of carboxylic acid groups (broad SMARTS) is 1. The number of fused-ring (bicyclic) bond motifs is 3. The van der Waals surface area contributed by atoms with Crippen LogP contribution in [-0.2, 0) is 15.8 Å². The summed E-state index contributed by atoms with van der Waals surface area (Å²) < 4.78 is 38.9. The first kappa shape index (κ1) is 20.0. The van der Waals surface area contributed by atoms with Gasteiger partial charge in [-0.25, -0.2) is 0 Å². The number of anilines is 1. The van der Waals surface area contributed by atoms with Crippen molar-refractivity contribution in [1.29, 1.82) is 0 Å². The Hall–Kier alpha value is -2.25. The van der Waals surface area contributed by atoms with Gasteiger partial charge in [0.15, 0.2) is 0 Å². The van der Waals surface area contributed by atoms with Gasteiger partial charge in [0.05, 0.1) is 17.4 Å². The van der Waals surface area contributed by atoms with Gasteiger partial charge in [0.25, 0.3) is 0 Å². The standard InChI is InChI=1S/C21H25F3N2O3/c22-21(23,24)15-2-1-3-16(12-15)25-8-10-26(11-9-25)19(27)17-13-4-6-14(7-5-13)18(17)20(28)29/h1-3,12-14,17-18H,4-11H2,(H,28,29)/t13?,14?,17-,18+/m0/s1. The molecule has 1 heterocycles. The molecular formula is C21H25F3N2O3. The van der Waals surface area contributed by atoms with Crippen molar-refractivity contribution in [2.45, 2.75) is 31.9 Å². The van der Waals surface area contributed by atoms with Crippen LogP contribution in [0, 0.1) is 23.7 Å². The van der Waals surface area contributed by atoms with Gasteiger partial charge < -0.3 is 14.9 Å². The number of nitrogens with zero attached hydrogens (tertiary/aromatic N) is 2. The van der Waals surface area contributed by atoms with Crippen molar-refractivity contribution >= 4 is 17.6 Å². The first-order valence-corrected chi connectivity index (χ1v) is 10.2. The minimum Gasteiger partial charge on any atom is -0.481 e. The van der Waals surface area contributed by atoms with E-state index in [2.05, 4.69) is 0 Å². The summed E-state index contributed by atoms with van der Waals surface area (Å²) in [6.07, 6.45) is -0.798. The van der Waals surface area contributed by atoms with E-state index in [1.807, 2.05) is 4.90 Å². The minimum atomic E-state index is -4.39. The summed E-state index contributed by atoms with van der Waals surface area (Å²) in [6, 6.07) is 5.23. The highest BCUT2D eigenvalue weighted by atomic mass is 19.4. The monoisotopic (exact) mass is 410 g/mol. The maximum atomic E-state index is 13.2. The van der Waals surface area contributed by atoms with Gasteiger partial charge in [-0.1, -0.05) is 6.07 Å². The number of rotatable bonds is 3. The van der Waals surface area contributed by atoms with E-state index in [9.17, 15) is 27.9 Å². The molecule has 3 aliphatic carbocycles. The molecule has 1 N–H and O–H groups in total. The number of aliphatic carboxylic acids is 1. The van der Waals surface area contributed by atoms with Crippen molar-refractivity contribution in [3.8, 4) is 0 Å². The van der Waals surface area contributed by atoms with Crippen molar-refractivity contribution in [3.05, 3.63) is 29.8 Å². The predicted molar refractivity (Wildman–Crippen MR) is 100 cm³/mol. The van der Waals surface area contributed by atoms with E-state index in [4.69, 9.17) is 0 Å². The lowest BCUT2D eigenvalue weighted by Gasteiger charge is -2.48. The van der Waals surface area contributed by atoms with Gasteiger partial charge in [-0.15, -0.1) is 0 Å². The largest absolute Gasteiger partial charge is 0.481 e. The van der Waals surface area contributed by atoms with E-state index in [-0.39, 0.29) is 17.7 Å². The highest BCUT2D eigenvalue weighted by molar-refractivity contribution is 5.86. The average Bonchev–Trinajstić information content (AvgIpc) is 2.73. The Morgan fingerprint density at radius 3 is 2.07 bits per heavy atom.